The molecule has 0 bridgehead atoms. The third-order valence-corrected chi connectivity index (χ3v) is 8.74. The molecule has 2 heterocycles. The van der Waals surface area contributed by atoms with Gasteiger partial charge >= 0.3 is 12.0 Å². The number of rotatable bonds is 10. The zero-order valence-electron chi connectivity index (χ0n) is 24.0. The Bertz CT molecular complexity index is 1550. The summed E-state index contributed by atoms with van der Waals surface area (Å²) in [6.07, 6.45) is 1.43. The van der Waals surface area contributed by atoms with Crippen LogP contribution in [0.3, 0.4) is 0 Å². The summed E-state index contributed by atoms with van der Waals surface area (Å²) in [7, 11) is 1.58. The molecule has 5 N–H and O–H groups in total. The molecule has 10 heteroatoms. The minimum atomic E-state index is -1.76. The molecule has 0 aliphatic carbocycles. The number of amides is 4. The molecule has 42 heavy (non-hydrogen) atoms. The first kappa shape index (κ1) is 29.1. The number of ether oxygens (including phenoxy) is 1. The van der Waals surface area contributed by atoms with E-state index in [0.717, 1.165) is 21.9 Å². The predicted molar refractivity (Wildman–Crippen MR) is 158 cm³/mol. The Balaban J connectivity index is 1.69. The topological polar surface area (TPSA) is 151 Å². The Morgan fingerprint density at radius 3 is 2.26 bits per heavy atom. The highest BCUT2D eigenvalue weighted by molar-refractivity contribution is 6.25. The average molecular weight is 573 g/mol. The number of urea groups is 1. The largest absolute Gasteiger partial charge is 0.496 e. The number of carbonyl (C=O) groups excluding carboxylic acids is 3. The van der Waals surface area contributed by atoms with Crippen molar-refractivity contribution in [1.29, 1.82) is 0 Å². The van der Waals surface area contributed by atoms with Crippen molar-refractivity contribution in [2.75, 3.05) is 18.6 Å². The quantitative estimate of drug-likeness (QED) is 0.214. The molecule has 5 rings (SSSR count). The second-order valence-electron chi connectivity index (χ2n) is 10.8. The minimum Gasteiger partial charge on any atom is -0.496 e. The molecule has 4 amide bonds. The summed E-state index contributed by atoms with van der Waals surface area (Å²) in [6, 6.07) is 15.4. The molecule has 4 atom stereocenters. The van der Waals surface area contributed by atoms with Crippen molar-refractivity contribution < 1.29 is 29.0 Å². The third-order valence-electron chi connectivity index (χ3n) is 8.74. The van der Waals surface area contributed by atoms with Crippen molar-refractivity contribution >= 4 is 40.3 Å². The number of nitrogens with zero attached hydrogens (tertiary/aromatic N) is 1. The number of nitrogens with one attached hydrogen (secondary N) is 2. The predicted octanol–water partition coefficient (Wildman–Crippen LogP) is 3.70. The summed E-state index contributed by atoms with van der Waals surface area (Å²) in [5.41, 5.74) is 6.42. The number of carboxylic acid groups (broad SMARTS) is 1. The lowest BCUT2D eigenvalue weighted by Gasteiger charge is -2.32. The van der Waals surface area contributed by atoms with Crippen LogP contribution in [0, 0.1) is 11.8 Å². The molecule has 0 spiro atoms. The number of methoxy groups -OCH3 is 1. The van der Waals surface area contributed by atoms with E-state index in [0.29, 0.717) is 29.8 Å². The van der Waals surface area contributed by atoms with Crippen LogP contribution in [0.5, 0.6) is 5.75 Å². The van der Waals surface area contributed by atoms with Crippen LogP contribution in [0.15, 0.2) is 54.6 Å². The van der Waals surface area contributed by atoms with Gasteiger partial charge in [-0.1, -0.05) is 62.4 Å². The highest BCUT2D eigenvalue weighted by Gasteiger charge is 2.68. The Morgan fingerprint density at radius 1 is 1.00 bits per heavy atom. The molecular formula is C32H36N4O6. The van der Waals surface area contributed by atoms with Gasteiger partial charge in [0.1, 0.15) is 11.3 Å². The van der Waals surface area contributed by atoms with Crippen LogP contribution in [0.25, 0.3) is 10.8 Å². The fourth-order valence-electron chi connectivity index (χ4n) is 6.85. The van der Waals surface area contributed by atoms with Crippen molar-refractivity contribution in [2.24, 2.45) is 17.6 Å². The van der Waals surface area contributed by atoms with Crippen LogP contribution in [-0.2, 0) is 27.2 Å². The van der Waals surface area contributed by atoms with E-state index in [2.05, 4.69) is 10.6 Å². The van der Waals surface area contributed by atoms with Crippen LogP contribution in [-0.4, -0.2) is 48.1 Å². The highest BCUT2D eigenvalue weighted by Crippen LogP contribution is 2.53. The Kier molecular flexibility index (Phi) is 7.92. The van der Waals surface area contributed by atoms with Crippen LogP contribution < -0.4 is 26.0 Å². The van der Waals surface area contributed by atoms with Crippen LogP contribution in [0.4, 0.5) is 10.5 Å². The van der Waals surface area contributed by atoms with E-state index in [-0.39, 0.29) is 19.4 Å². The highest BCUT2D eigenvalue weighted by atomic mass is 16.5. The number of primary amides is 1. The maximum atomic E-state index is 14.5. The van der Waals surface area contributed by atoms with Crippen molar-refractivity contribution in [1.82, 2.24) is 10.6 Å². The van der Waals surface area contributed by atoms with E-state index in [4.69, 9.17) is 10.5 Å². The average Bonchev–Trinajstić information content (AvgIpc) is 3.47. The van der Waals surface area contributed by atoms with Gasteiger partial charge in [-0.2, -0.15) is 0 Å². The lowest BCUT2D eigenvalue weighted by atomic mass is 9.76. The summed E-state index contributed by atoms with van der Waals surface area (Å²) in [6.45, 7) is 4.06. The number of hydrogen-bond acceptors (Lipinski definition) is 6. The van der Waals surface area contributed by atoms with Gasteiger partial charge in [-0.05, 0) is 53.8 Å². The number of para-hydroxylation sites is 1. The maximum Gasteiger partial charge on any atom is 0.324 e. The number of anilines is 1. The molecule has 2 fully saturated rings. The zero-order chi connectivity index (χ0) is 30.2. The van der Waals surface area contributed by atoms with Crippen LogP contribution >= 0.6 is 0 Å². The third kappa shape index (κ3) is 4.56. The van der Waals surface area contributed by atoms with Gasteiger partial charge in [-0.15, -0.1) is 0 Å². The Morgan fingerprint density at radius 2 is 1.67 bits per heavy atom. The molecule has 2 saturated heterocycles. The lowest BCUT2D eigenvalue weighted by molar-refractivity contribution is -0.149. The second-order valence-corrected chi connectivity index (χ2v) is 10.8. The number of carboxylic acids is 1. The molecule has 0 radical (unpaired) electrons. The Hall–Kier alpha value is -4.44. The first-order valence-electron chi connectivity index (χ1n) is 14.3. The van der Waals surface area contributed by atoms with E-state index in [1.807, 2.05) is 62.4 Å². The number of benzene rings is 3. The molecule has 3 aromatic carbocycles. The van der Waals surface area contributed by atoms with Crippen LogP contribution in [0.1, 0.15) is 49.4 Å². The van der Waals surface area contributed by atoms with Gasteiger partial charge in [0.15, 0.2) is 0 Å². The SMILES string of the molecule is CCc1cccc(CC)c1N1C(=O)C2C(c3ccc(OC)c4ccccc34)NC(CCCNC(N)=O)(C(=O)O)C2C1=O. The van der Waals surface area contributed by atoms with E-state index < -0.39 is 47.2 Å². The van der Waals surface area contributed by atoms with Gasteiger partial charge in [-0.25, -0.2) is 9.69 Å². The normalized spacial score (nSPS) is 23.3. The van der Waals surface area contributed by atoms with Gasteiger partial charge in [-0.3, -0.25) is 19.7 Å². The molecule has 3 aromatic rings. The van der Waals surface area contributed by atoms with Gasteiger partial charge < -0.3 is 20.9 Å². The number of carbonyl (C=O) groups is 4. The molecule has 2 aliphatic heterocycles. The molecule has 220 valence electrons. The number of nitrogens with two attached hydrogens (primary N) is 1. The lowest BCUT2D eigenvalue weighted by Crippen LogP contribution is -2.56. The summed E-state index contributed by atoms with van der Waals surface area (Å²) in [5, 5.41) is 18.1. The molecule has 0 aromatic heterocycles. The molecule has 4 unspecified atom stereocenters. The smallest absolute Gasteiger partial charge is 0.324 e. The molecule has 2 aliphatic rings. The maximum absolute atomic E-state index is 14.5. The van der Waals surface area contributed by atoms with Gasteiger partial charge in [0.05, 0.1) is 24.6 Å². The summed E-state index contributed by atoms with van der Waals surface area (Å²) < 4.78 is 5.57. The van der Waals surface area contributed by atoms with E-state index in [9.17, 15) is 24.3 Å². The fraction of sp³-hybridized carbons (Fsp3) is 0.375. The standard InChI is InChI=1S/C32H36N4O6/c1-4-18-10-8-11-19(5-2)27(18)36-28(37)24-25(29(36)38)32(30(39)40,16-9-17-34-31(33)41)35-26(24)22-14-15-23(42-3)21-13-7-6-12-20(21)22/h6-8,10-15,24-26,35H,4-5,9,16-17H2,1-3H3,(H,39,40)(H3,33,34,41). The van der Waals surface area contributed by atoms with Gasteiger partial charge in [0.25, 0.3) is 0 Å². The summed E-state index contributed by atoms with van der Waals surface area (Å²) in [5.74, 6) is -3.67. The first-order chi connectivity index (χ1) is 20.2. The molecule has 0 saturated carbocycles. The summed E-state index contributed by atoms with van der Waals surface area (Å²) >= 11 is 0. The minimum absolute atomic E-state index is 0.00269. The van der Waals surface area contributed by atoms with Crippen molar-refractivity contribution in [2.45, 2.75) is 51.1 Å². The first-order valence-corrected chi connectivity index (χ1v) is 14.3. The fourth-order valence-corrected chi connectivity index (χ4v) is 6.85. The van der Waals surface area contributed by atoms with Crippen LogP contribution in [0.2, 0.25) is 0 Å². The zero-order valence-corrected chi connectivity index (χ0v) is 24.0. The van der Waals surface area contributed by atoms with Crippen molar-refractivity contribution in [3.8, 4) is 5.75 Å². The van der Waals surface area contributed by atoms with E-state index in [1.165, 1.54) is 4.90 Å². The van der Waals surface area contributed by atoms with Gasteiger partial charge in [0.2, 0.25) is 11.8 Å². The Labute approximate surface area is 244 Å². The number of aliphatic carboxylic acids is 1. The number of aryl methyl sites for hydroxylation is 2. The van der Waals surface area contributed by atoms with Gasteiger partial charge in [0, 0.05) is 18.0 Å². The molecular weight excluding hydrogens is 536 g/mol. The second kappa shape index (κ2) is 11.4. The number of hydrogen-bond donors (Lipinski definition) is 4. The van der Waals surface area contributed by atoms with E-state index >= 15 is 0 Å². The molecule has 10 nitrogen and oxygen atoms in total. The van der Waals surface area contributed by atoms with E-state index in [1.54, 1.807) is 13.2 Å². The number of fused-ring (bicyclic) bond motifs is 2. The monoisotopic (exact) mass is 572 g/mol. The number of imide groups is 1. The van der Waals surface area contributed by atoms with Crippen molar-refractivity contribution in [3.05, 3.63) is 71.3 Å². The van der Waals surface area contributed by atoms with Crippen molar-refractivity contribution in [3.63, 3.8) is 0 Å². The summed E-state index contributed by atoms with van der Waals surface area (Å²) in [4.78, 5) is 54.6.